The van der Waals surface area contributed by atoms with E-state index in [9.17, 15) is 4.79 Å². The van der Waals surface area contributed by atoms with Gasteiger partial charge in [0.2, 0.25) is 0 Å². The van der Waals surface area contributed by atoms with Crippen molar-refractivity contribution in [2.75, 3.05) is 5.84 Å². The first-order valence-electron chi connectivity index (χ1n) is 7.42. The summed E-state index contributed by atoms with van der Waals surface area (Å²) in [5, 5.41) is 0.533. The third-order valence-corrected chi connectivity index (χ3v) is 3.66. The SMILES string of the molecule is CC(C)Cc1ccc(-c2nc3ccccc3c(=O)n2N)cc1. The van der Waals surface area contributed by atoms with Gasteiger partial charge in [-0.1, -0.05) is 50.2 Å². The maximum atomic E-state index is 12.3. The molecule has 4 heteroatoms. The average molecular weight is 293 g/mol. The molecule has 0 saturated heterocycles. The van der Waals surface area contributed by atoms with Crippen LogP contribution >= 0.6 is 0 Å². The Hall–Kier alpha value is -2.62. The van der Waals surface area contributed by atoms with Crippen LogP contribution in [0.4, 0.5) is 0 Å². The zero-order chi connectivity index (χ0) is 15.7. The molecule has 22 heavy (non-hydrogen) atoms. The summed E-state index contributed by atoms with van der Waals surface area (Å²) in [7, 11) is 0. The number of nitrogen functional groups attached to an aromatic ring is 1. The van der Waals surface area contributed by atoms with Crippen molar-refractivity contribution in [3.05, 3.63) is 64.4 Å². The molecule has 0 amide bonds. The minimum atomic E-state index is -0.230. The van der Waals surface area contributed by atoms with Crippen LogP contribution in [0.3, 0.4) is 0 Å². The fourth-order valence-electron chi connectivity index (χ4n) is 2.61. The fraction of sp³-hybridized carbons (Fsp3) is 0.222. The Morgan fingerprint density at radius 1 is 1.09 bits per heavy atom. The predicted octanol–water partition coefficient (Wildman–Crippen LogP) is 2.98. The van der Waals surface area contributed by atoms with Gasteiger partial charge in [-0.05, 0) is 30.0 Å². The van der Waals surface area contributed by atoms with Gasteiger partial charge in [0.1, 0.15) is 0 Å². The highest BCUT2D eigenvalue weighted by atomic mass is 16.1. The zero-order valence-electron chi connectivity index (χ0n) is 12.8. The molecule has 0 unspecified atom stereocenters. The van der Waals surface area contributed by atoms with E-state index < -0.39 is 0 Å². The second kappa shape index (κ2) is 5.64. The first-order valence-corrected chi connectivity index (χ1v) is 7.42. The maximum absolute atomic E-state index is 12.3. The van der Waals surface area contributed by atoms with E-state index >= 15 is 0 Å². The molecule has 0 atom stereocenters. The number of nitrogens with zero attached hydrogens (tertiary/aromatic N) is 2. The Labute approximate surface area is 129 Å². The Balaban J connectivity index is 2.10. The molecular formula is C18H19N3O. The van der Waals surface area contributed by atoms with E-state index in [2.05, 4.69) is 31.0 Å². The summed E-state index contributed by atoms with van der Waals surface area (Å²) >= 11 is 0. The molecular weight excluding hydrogens is 274 g/mol. The number of hydrogen-bond donors (Lipinski definition) is 1. The smallest absolute Gasteiger partial charge is 0.280 e. The predicted molar refractivity (Wildman–Crippen MR) is 90.1 cm³/mol. The van der Waals surface area contributed by atoms with Crippen LogP contribution in [0.2, 0.25) is 0 Å². The van der Waals surface area contributed by atoms with Gasteiger partial charge in [0.05, 0.1) is 10.9 Å². The van der Waals surface area contributed by atoms with Crippen molar-refractivity contribution < 1.29 is 0 Å². The molecule has 0 radical (unpaired) electrons. The van der Waals surface area contributed by atoms with Crippen molar-refractivity contribution in [3.63, 3.8) is 0 Å². The summed E-state index contributed by atoms with van der Waals surface area (Å²) in [6.07, 6.45) is 1.03. The number of fused-ring (bicyclic) bond motifs is 1. The van der Waals surface area contributed by atoms with Crippen LogP contribution in [-0.4, -0.2) is 9.66 Å². The molecule has 2 aromatic carbocycles. The lowest BCUT2D eigenvalue weighted by atomic mass is 10.0. The maximum Gasteiger partial charge on any atom is 0.280 e. The van der Waals surface area contributed by atoms with E-state index in [-0.39, 0.29) is 5.56 Å². The van der Waals surface area contributed by atoms with E-state index in [0.29, 0.717) is 22.6 Å². The lowest BCUT2D eigenvalue weighted by Crippen LogP contribution is -2.29. The van der Waals surface area contributed by atoms with Gasteiger partial charge >= 0.3 is 0 Å². The molecule has 0 aliphatic carbocycles. The minimum Gasteiger partial charge on any atom is -0.334 e. The molecule has 0 spiro atoms. The molecule has 1 heterocycles. The summed E-state index contributed by atoms with van der Waals surface area (Å²) in [4.78, 5) is 16.9. The van der Waals surface area contributed by atoms with Gasteiger partial charge in [0, 0.05) is 5.56 Å². The highest BCUT2D eigenvalue weighted by Crippen LogP contribution is 2.19. The molecule has 3 rings (SSSR count). The third kappa shape index (κ3) is 2.60. The van der Waals surface area contributed by atoms with Crippen LogP contribution in [0.1, 0.15) is 19.4 Å². The van der Waals surface area contributed by atoms with Gasteiger partial charge < -0.3 is 5.84 Å². The number of aromatic nitrogens is 2. The Bertz CT molecular complexity index is 864. The van der Waals surface area contributed by atoms with E-state index in [4.69, 9.17) is 5.84 Å². The third-order valence-electron chi connectivity index (χ3n) is 3.66. The van der Waals surface area contributed by atoms with Crippen LogP contribution < -0.4 is 11.4 Å². The molecule has 0 aliphatic heterocycles. The van der Waals surface area contributed by atoms with Crippen molar-refractivity contribution in [2.45, 2.75) is 20.3 Å². The Kier molecular flexibility index (Phi) is 3.67. The van der Waals surface area contributed by atoms with Crippen LogP contribution in [0, 0.1) is 5.92 Å². The average Bonchev–Trinajstić information content (AvgIpc) is 2.51. The van der Waals surface area contributed by atoms with Crippen LogP contribution in [0.5, 0.6) is 0 Å². The molecule has 2 N–H and O–H groups in total. The fourth-order valence-corrected chi connectivity index (χ4v) is 2.61. The summed E-state index contributed by atoms with van der Waals surface area (Å²) in [6, 6.07) is 15.3. The second-order valence-corrected chi connectivity index (χ2v) is 5.92. The number of benzene rings is 2. The van der Waals surface area contributed by atoms with E-state index in [1.165, 1.54) is 5.56 Å². The topological polar surface area (TPSA) is 60.9 Å². The van der Waals surface area contributed by atoms with Crippen LogP contribution in [0.15, 0.2) is 53.3 Å². The zero-order valence-corrected chi connectivity index (χ0v) is 12.8. The van der Waals surface area contributed by atoms with Crippen molar-refractivity contribution in [2.24, 2.45) is 5.92 Å². The summed E-state index contributed by atoms with van der Waals surface area (Å²) in [6.45, 7) is 4.38. The van der Waals surface area contributed by atoms with Crippen LogP contribution in [-0.2, 0) is 6.42 Å². The highest BCUT2D eigenvalue weighted by molar-refractivity contribution is 5.79. The van der Waals surface area contributed by atoms with Gasteiger partial charge in [-0.15, -0.1) is 0 Å². The Morgan fingerprint density at radius 2 is 1.77 bits per heavy atom. The normalized spacial score (nSPS) is 11.2. The second-order valence-electron chi connectivity index (χ2n) is 5.92. The van der Waals surface area contributed by atoms with Gasteiger partial charge in [-0.25, -0.2) is 9.66 Å². The van der Waals surface area contributed by atoms with E-state index in [1.54, 1.807) is 6.07 Å². The van der Waals surface area contributed by atoms with Crippen molar-refractivity contribution in [1.82, 2.24) is 9.66 Å². The molecule has 0 aliphatic rings. The number of nitrogens with two attached hydrogens (primary N) is 1. The van der Waals surface area contributed by atoms with Crippen molar-refractivity contribution in [1.29, 1.82) is 0 Å². The van der Waals surface area contributed by atoms with Gasteiger partial charge in [-0.3, -0.25) is 4.79 Å². The van der Waals surface area contributed by atoms with E-state index in [0.717, 1.165) is 16.7 Å². The molecule has 0 bridgehead atoms. The molecule has 112 valence electrons. The first-order chi connectivity index (χ1) is 10.6. The van der Waals surface area contributed by atoms with Crippen LogP contribution in [0.25, 0.3) is 22.3 Å². The van der Waals surface area contributed by atoms with Gasteiger partial charge in [-0.2, -0.15) is 0 Å². The van der Waals surface area contributed by atoms with Crippen molar-refractivity contribution in [3.8, 4) is 11.4 Å². The standard InChI is InChI=1S/C18H19N3O/c1-12(2)11-13-7-9-14(10-8-13)17-20-16-6-4-3-5-15(16)18(22)21(17)19/h3-10,12H,11,19H2,1-2H3. The lowest BCUT2D eigenvalue weighted by Gasteiger charge is -2.10. The van der Waals surface area contributed by atoms with Gasteiger partial charge in [0.25, 0.3) is 5.56 Å². The quantitative estimate of drug-likeness (QED) is 0.755. The largest absolute Gasteiger partial charge is 0.334 e. The highest BCUT2D eigenvalue weighted by Gasteiger charge is 2.10. The number of rotatable bonds is 3. The molecule has 1 aromatic heterocycles. The monoisotopic (exact) mass is 293 g/mol. The summed E-state index contributed by atoms with van der Waals surface area (Å²) in [5.41, 5.74) is 2.55. The summed E-state index contributed by atoms with van der Waals surface area (Å²) in [5.74, 6) is 7.04. The Morgan fingerprint density at radius 3 is 2.45 bits per heavy atom. The number of para-hydroxylation sites is 1. The summed E-state index contributed by atoms with van der Waals surface area (Å²) < 4.78 is 1.12. The van der Waals surface area contributed by atoms with Crippen molar-refractivity contribution >= 4 is 10.9 Å². The number of hydrogen-bond acceptors (Lipinski definition) is 3. The molecule has 4 nitrogen and oxygen atoms in total. The molecule has 3 aromatic rings. The lowest BCUT2D eigenvalue weighted by molar-refractivity contribution is 0.647. The molecule has 0 fully saturated rings. The van der Waals surface area contributed by atoms with Gasteiger partial charge in [0.15, 0.2) is 5.82 Å². The molecule has 0 saturated carbocycles. The first kappa shape index (κ1) is 14.3. The van der Waals surface area contributed by atoms with E-state index in [1.807, 2.05) is 30.3 Å². The minimum absolute atomic E-state index is 0.230.